The lowest BCUT2D eigenvalue weighted by Gasteiger charge is -2.50. The van der Waals surface area contributed by atoms with E-state index in [0.29, 0.717) is 11.3 Å². The summed E-state index contributed by atoms with van der Waals surface area (Å²) < 4.78 is 5.81. The van der Waals surface area contributed by atoms with Crippen molar-refractivity contribution in [2.75, 3.05) is 11.5 Å². The molecule has 4 N–H and O–H groups in total. The Morgan fingerprint density at radius 3 is 2.68 bits per heavy atom. The number of fused-ring (bicyclic) bond motifs is 1. The van der Waals surface area contributed by atoms with Crippen LogP contribution in [0.4, 0.5) is 5.13 Å². The molecule has 5 rings (SSSR count). The number of aliphatic hydroxyl groups excluding tert-OH is 1. The smallest absolute Gasteiger partial charge is 0.278 e. The lowest BCUT2D eigenvalue weighted by molar-refractivity contribution is -0.689. The van der Waals surface area contributed by atoms with Crippen LogP contribution in [0.1, 0.15) is 37.1 Å². The number of hydrogen-bond acceptors (Lipinski definition) is 12. The highest BCUT2D eigenvalue weighted by molar-refractivity contribution is 8.00. The van der Waals surface area contributed by atoms with Gasteiger partial charge in [0.05, 0.1) is 18.3 Å². The molecule has 2 fully saturated rings. The number of carbonyl (C=O) groups excluding carboxylic acids is 3. The Kier molecular flexibility index (Phi) is 7.58. The van der Waals surface area contributed by atoms with Crippen LogP contribution in [0.3, 0.4) is 0 Å². The maximum Gasteiger partial charge on any atom is 0.278 e. The Bertz CT molecular complexity index is 1310. The molecule has 2 amide bonds. The van der Waals surface area contributed by atoms with Gasteiger partial charge in [0, 0.05) is 35.0 Å². The number of hydrogen-bond donors (Lipinski definition) is 3. The van der Waals surface area contributed by atoms with E-state index in [1.807, 2.05) is 0 Å². The number of aromatic nitrogens is 3. The zero-order valence-electron chi connectivity index (χ0n) is 20.1. The number of oxime groups is 1. The minimum atomic E-state index is -1.47. The van der Waals surface area contributed by atoms with Crippen LogP contribution in [0.2, 0.25) is 0 Å². The molecule has 1 unspecified atom stereocenters. The number of aliphatic carboxylic acids is 1. The fourth-order valence-electron chi connectivity index (χ4n) is 4.56. The standard InChI is InChI=1S/C23H25N7O6S2/c24-23-26-18(28-38-23)15(27-36-14-3-1-2-4-14)19(32)25-16-20(33)30-17(22(34)35)13(11-37-21(16)30)9-29-7-5-12(10-31)6-8-29/h5-8,14,16,21,31H,1-4,9-11H2,(H3-,24,25,26,28,32,34,35)/b27-15-/t16?,21-/m1/s1. The molecule has 3 aliphatic rings. The monoisotopic (exact) mass is 559 g/mol. The second kappa shape index (κ2) is 11.0. The molecule has 0 aromatic carbocycles. The van der Waals surface area contributed by atoms with Crippen LogP contribution >= 0.6 is 23.3 Å². The third-order valence-electron chi connectivity index (χ3n) is 6.51. The highest BCUT2D eigenvalue weighted by atomic mass is 32.2. The zero-order valence-corrected chi connectivity index (χ0v) is 21.7. The minimum absolute atomic E-state index is 0.00947. The third-order valence-corrected chi connectivity index (χ3v) is 8.39. The largest absolute Gasteiger partial charge is 0.543 e. The molecule has 2 aromatic heterocycles. The van der Waals surface area contributed by atoms with Crippen molar-refractivity contribution in [2.24, 2.45) is 5.16 Å². The highest BCUT2D eigenvalue weighted by Gasteiger charge is 2.53. The molecule has 1 saturated heterocycles. The summed E-state index contributed by atoms with van der Waals surface area (Å²) >= 11 is 2.24. The molecule has 38 heavy (non-hydrogen) atoms. The Balaban J connectivity index is 1.32. The number of carboxylic acids is 1. The maximum absolute atomic E-state index is 13.2. The molecule has 2 aliphatic heterocycles. The molecule has 0 bridgehead atoms. The van der Waals surface area contributed by atoms with E-state index in [2.05, 4.69) is 19.8 Å². The van der Waals surface area contributed by atoms with E-state index in [0.717, 1.165) is 47.7 Å². The summed E-state index contributed by atoms with van der Waals surface area (Å²) in [5.41, 5.74) is 6.51. The van der Waals surface area contributed by atoms with Crippen LogP contribution in [0, 0.1) is 0 Å². The molecule has 1 aliphatic carbocycles. The molecule has 15 heteroatoms. The summed E-state index contributed by atoms with van der Waals surface area (Å²) in [6.45, 7) is 0.119. The first-order chi connectivity index (χ1) is 18.4. The number of carboxylic acid groups (broad SMARTS) is 1. The molecule has 13 nitrogen and oxygen atoms in total. The molecule has 0 radical (unpaired) electrons. The van der Waals surface area contributed by atoms with Gasteiger partial charge >= 0.3 is 0 Å². The number of pyridine rings is 1. The number of nitrogens with zero attached hydrogens (tertiary/aromatic N) is 5. The van der Waals surface area contributed by atoms with Crippen molar-refractivity contribution >= 4 is 51.9 Å². The van der Waals surface area contributed by atoms with Crippen LogP contribution in [0.5, 0.6) is 0 Å². The van der Waals surface area contributed by atoms with Gasteiger partial charge in [-0.05, 0) is 31.2 Å². The summed E-state index contributed by atoms with van der Waals surface area (Å²) in [5.74, 6) is -2.46. The maximum atomic E-state index is 13.2. The van der Waals surface area contributed by atoms with Crippen molar-refractivity contribution in [2.45, 2.75) is 56.4 Å². The first kappa shape index (κ1) is 26.1. The third kappa shape index (κ3) is 5.21. The molecule has 1 saturated carbocycles. The Morgan fingerprint density at radius 1 is 1.32 bits per heavy atom. The first-order valence-corrected chi connectivity index (χ1v) is 13.8. The van der Waals surface area contributed by atoms with Crippen LogP contribution in [-0.4, -0.2) is 66.1 Å². The molecular weight excluding hydrogens is 534 g/mol. The van der Waals surface area contributed by atoms with Crippen molar-refractivity contribution in [3.05, 3.63) is 47.2 Å². The summed E-state index contributed by atoms with van der Waals surface area (Å²) in [7, 11) is 0. The summed E-state index contributed by atoms with van der Waals surface area (Å²) in [6.07, 6.45) is 6.99. The van der Waals surface area contributed by atoms with E-state index >= 15 is 0 Å². The van der Waals surface area contributed by atoms with Gasteiger partial charge in [-0.15, -0.1) is 11.8 Å². The van der Waals surface area contributed by atoms with E-state index in [1.54, 1.807) is 29.1 Å². The van der Waals surface area contributed by atoms with Crippen molar-refractivity contribution in [3.8, 4) is 0 Å². The number of anilines is 1. The minimum Gasteiger partial charge on any atom is -0.543 e. The Hall–Kier alpha value is -3.56. The van der Waals surface area contributed by atoms with Gasteiger partial charge in [-0.25, -0.2) is 4.57 Å². The van der Waals surface area contributed by atoms with E-state index in [-0.39, 0.29) is 41.6 Å². The SMILES string of the molecule is Nc1nc(/C(=N/OC2CCCC2)C(=O)NC2C(=O)N3C(C(=O)[O-])=C(C[n+]4ccc(CO)cc4)CS[C@H]23)ns1. The number of aliphatic hydroxyl groups is 1. The van der Waals surface area contributed by atoms with Gasteiger partial charge in [-0.2, -0.15) is 9.36 Å². The molecule has 2 atom stereocenters. The van der Waals surface area contributed by atoms with Crippen molar-refractivity contribution in [1.29, 1.82) is 0 Å². The van der Waals surface area contributed by atoms with E-state index in [4.69, 9.17) is 10.6 Å². The topological polar surface area (TPSA) is 187 Å². The average Bonchev–Trinajstić information content (AvgIpc) is 3.59. The number of carbonyl (C=O) groups is 3. The van der Waals surface area contributed by atoms with Crippen molar-refractivity contribution < 1.29 is 34.0 Å². The fraction of sp³-hybridized carbons (Fsp3) is 0.435. The van der Waals surface area contributed by atoms with Gasteiger partial charge < -0.3 is 30.9 Å². The molecule has 0 spiro atoms. The number of thioether (sulfide) groups is 1. The van der Waals surface area contributed by atoms with Crippen molar-refractivity contribution in [1.82, 2.24) is 19.6 Å². The van der Waals surface area contributed by atoms with E-state index in [9.17, 15) is 24.6 Å². The second-order valence-corrected chi connectivity index (χ2v) is 10.9. The second-order valence-electron chi connectivity index (χ2n) is 9.05. The predicted molar refractivity (Wildman–Crippen MR) is 134 cm³/mol. The van der Waals surface area contributed by atoms with Gasteiger partial charge in [0.1, 0.15) is 17.5 Å². The zero-order chi connectivity index (χ0) is 26.8. The first-order valence-electron chi connectivity index (χ1n) is 12.0. The van der Waals surface area contributed by atoms with Gasteiger partial charge in [0.15, 0.2) is 24.1 Å². The van der Waals surface area contributed by atoms with Crippen LogP contribution in [-0.2, 0) is 32.4 Å². The summed E-state index contributed by atoms with van der Waals surface area (Å²) in [4.78, 5) is 49.0. The molecule has 2 aromatic rings. The lowest BCUT2D eigenvalue weighted by Crippen LogP contribution is -2.71. The molecule has 200 valence electrons. The Morgan fingerprint density at radius 2 is 2.05 bits per heavy atom. The Labute approximate surface area is 225 Å². The number of nitrogen functional groups attached to an aromatic ring is 1. The van der Waals surface area contributed by atoms with Gasteiger partial charge in [0.2, 0.25) is 11.5 Å². The van der Waals surface area contributed by atoms with E-state index in [1.165, 1.54) is 11.8 Å². The number of rotatable bonds is 9. The van der Waals surface area contributed by atoms with Crippen LogP contribution < -0.4 is 20.7 Å². The lowest BCUT2D eigenvalue weighted by atomic mass is 10.0. The average molecular weight is 560 g/mol. The number of β-lactam (4-membered cyclic amide) rings is 1. The van der Waals surface area contributed by atoms with Crippen LogP contribution in [0.15, 0.2) is 41.0 Å². The molecule has 4 heterocycles. The van der Waals surface area contributed by atoms with Gasteiger partial charge in [-0.1, -0.05) is 5.16 Å². The van der Waals surface area contributed by atoms with E-state index < -0.39 is 29.2 Å². The summed E-state index contributed by atoms with van der Waals surface area (Å²) in [5, 5.41) is 27.5. The van der Waals surface area contributed by atoms with Crippen LogP contribution in [0.25, 0.3) is 0 Å². The normalized spacial score (nSPS) is 21.8. The number of nitrogens with one attached hydrogen (secondary N) is 1. The van der Waals surface area contributed by atoms with Crippen molar-refractivity contribution in [3.63, 3.8) is 0 Å². The van der Waals surface area contributed by atoms with Gasteiger partial charge in [-0.3, -0.25) is 14.5 Å². The summed E-state index contributed by atoms with van der Waals surface area (Å²) in [6, 6.07) is 2.46. The molecular formula is C23H25N7O6S2. The number of amides is 2. The fourth-order valence-corrected chi connectivity index (χ4v) is 6.33. The highest BCUT2D eigenvalue weighted by Crippen LogP contribution is 2.40. The predicted octanol–water partition coefficient (Wildman–Crippen LogP) is -1.33. The quantitative estimate of drug-likeness (QED) is 0.144. The van der Waals surface area contributed by atoms with Gasteiger partial charge in [0.25, 0.3) is 11.8 Å². The number of nitrogens with two attached hydrogens (primary N) is 1.